The van der Waals surface area contributed by atoms with Crippen LogP contribution in [-0.2, 0) is 0 Å². The molecular formula is C14H30N2. The highest BCUT2D eigenvalue weighted by Gasteiger charge is 2.27. The van der Waals surface area contributed by atoms with E-state index in [1.165, 1.54) is 45.1 Å². The Balaban J connectivity index is 2.39. The summed E-state index contributed by atoms with van der Waals surface area (Å²) in [5.74, 6) is 0.903. The van der Waals surface area contributed by atoms with Gasteiger partial charge in [-0.1, -0.05) is 33.1 Å². The maximum Gasteiger partial charge on any atom is 0.0221 e. The first-order chi connectivity index (χ1) is 7.69. The molecule has 1 heterocycles. The second-order valence-electron chi connectivity index (χ2n) is 5.60. The molecule has 0 aromatic rings. The smallest absolute Gasteiger partial charge is 0.0221 e. The van der Waals surface area contributed by atoms with Crippen molar-refractivity contribution in [2.45, 2.75) is 71.4 Å². The highest BCUT2D eigenvalue weighted by Crippen LogP contribution is 2.25. The zero-order chi connectivity index (χ0) is 12.0. The van der Waals surface area contributed by atoms with Gasteiger partial charge in [-0.25, -0.2) is 0 Å². The van der Waals surface area contributed by atoms with E-state index >= 15 is 0 Å². The van der Waals surface area contributed by atoms with E-state index < -0.39 is 0 Å². The monoisotopic (exact) mass is 226 g/mol. The third kappa shape index (κ3) is 4.06. The summed E-state index contributed by atoms with van der Waals surface area (Å²) in [6.45, 7) is 9.11. The number of rotatable bonds is 6. The minimum atomic E-state index is 0.633. The zero-order valence-corrected chi connectivity index (χ0v) is 11.4. The van der Waals surface area contributed by atoms with Crippen molar-refractivity contribution < 1.29 is 0 Å². The Hall–Kier alpha value is -0.0800. The number of piperidine rings is 1. The van der Waals surface area contributed by atoms with Crippen LogP contribution < -0.4 is 5.73 Å². The van der Waals surface area contributed by atoms with Gasteiger partial charge in [0.2, 0.25) is 0 Å². The van der Waals surface area contributed by atoms with E-state index in [1.54, 1.807) is 0 Å². The average Bonchev–Trinajstić information content (AvgIpc) is 2.26. The van der Waals surface area contributed by atoms with E-state index in [9.17, 15) is 0 Å². The average molecular weight is 226 g/mol. The molecule has 2 N–H and O–H groups in total. The predicted molar refractivity (Wildman–Crippen MR) is 71.6 cm³/mol. The molecule has 3 atom stereocenters. The Kier molecular flexibility index (Phi) is 6.37. The highest BCUT2D eigenvalue weighted by atomic mass is 15.2. The van der Waals surface area contributed by atoms with Crippen molar-refractivity contribution in [3.8, 4) is 0 Å². The summed E-state index contributed by atoms with van der Waals surface area (Å²) in [7, 11) is 0. The van der Waals surface area contributed by atoms with Crippen LogP contribution in [0.5, 0.6) is 0 Å². The van der Waals surface area contributed by atoms with Gasteiger partial charge in [0.15, 0.2) is 0 Å². The van der Waals surface area contributed by atoms with Crippen LogP contribution in [0.2, 0.25) is 0 Å². The summed E-state index contributed by atoms with van der Waals surface area (Å²) in [5.41, 5.74) is 5.94. The molecule has 0 saturated carbocycles. The van der Waals surface area contributed by atoms with E-state index in [0.29, 0.717) is 6.04 Å². The first-order valence-electron chi connectivity index (χ1n) is 7.14. The van der Waals surface area contributed by atoms with Gasteiger partial charge in [-0.05, 0) is 38.6 Å². The molecule has 1 aliphatic rings. The summed E-state index contributed by atoms with van der Waals surface area (Å²) in [6, 6.07) is 1.37. The number of hydrogen-bond donors (Lipinski definition) is 1. The van der Waals surface area contributed by atoms with Crippen molar-refractivity contribution in [2.75, 3.05) is 13.1 Å². The normalized spacial score (nSPS) is 29.2. The lowest BCUT2D eigenvalue weighted by Crippen LogP contribution is -2.49. The zero-order valence-electron chi connectivity index (χ0n) is 11.4. The molecule has 1 aliphatic heterocycles. The van der Waals surface area contributed by atoms with Gasteiger partial charge >= 0.3 is 0 Å². The van der Waals surface area contributed by atoms with Crippen molar-refractivity contribution in [3.63, 3.8) is 0 Å². The van der Waals surface area contributed by atoms with E-state index in [2.05, 4.69) is 25.7 Å². The van der Waals surface area contributed by atoms with Gasteiger partial charge in [-0.15, -0.1) is 0 Å². The lowest BCUT2D eigenvalue weighted by molar-refractivity contribution is 0.0794. The minimum absolute atomic E-state index is 0.633. The molecular weight excluding hydrogens is 196 g/mol. The number of nitrogens with two attached hydrogens (primary N) is 1. The van der Waals surface area contributed by atoms with Crippen LogP contribution in [0.25, 0.3) is 0 Å². The van der Waals surface area contributed by atoms with E-state index in [0.717, 1.165) is 18.5 Å². The topological polar surface area (TPSA) is 29.3 Å². The molecule has 3 unspecified atom stereocenters. The summed E-state index contributed by atoms with van der Waals surface area (Å²) in [6.07, 6.45) is 8.01. The quantitative estimate of drug-likeness (QED) is 0.705. The molecule has 0 aromatic heterocycles. The van der Waals surface area contributed by atoms with Crippen LogP contribution in [-0.4, -0.2) is 30.1 Å². The molecule has 1 saturated heterocycles. The van der Waals surface area contributed by atoms with E-state index in [-0.39, 0.29) is 0 Å². The summed E-state index contributed by atoms with van der Waals surface area (Å²) in [4.78, 5) is 2.66. The van der Waals surface area contributed by atoms with Gasteiger partial charge in [-0.3, -0.25) is 4.90 Å². The van der Waals surface area contributed by atoms with Crippen LogP contribution >= 0.6 is 0 Å². The Bertz CT molecular complexity index is 182. The third-order valence-electron chi connectivity index (χ3n) is 4.07. The van der Waals surface area contributed by atoms with Crippen molar-refractivity contribution in [1.82, 2.24) is 4.90 Å². The second-order valence-corrected chi connectivity index (χ2v) is 5.60. The van der Waals surface area contributed by atoms with Gasteiger partial charge in [0.05, 0.1) is 0 Å². The first kappa shape index (κ1) is 14.0. The molecule has 2 nitrogen and oxygen atoms in total. The minimum Gasteiger partial charge on any atom is -0.329 e. The molecule has 0 radical (unpaired) electrons. The molecule has 0 spiro atoms. The standard InChI is InChI=1S/C14H30N2/c1-4-5-6-7-14(11-15)16-9-8-12(2)10-13(16)3/h12-14H,4-11,15H2,1-3H3. The van der Waals surface area contributed by atoms with Crippen LogP contribution in [0.3, 0.4) is 0 Å². The van der Waals surface area contributed by atoms with Crippen molar-refractivity contribution >= 4 is 0 Å². The molecule has 0 aromatic carbocycles. The Morgan fingerprint density at radius 3 is 2.62 bits per heavy atom. The van der Waals surface area contributed by atoms with Gasteiger partial charge in [0.25, 0.3) is 0 Å². The van der Waals surface area contributed by atoms with E-state index in [4.69, 9.17) is 5.73 Å². The maximum atomic E-state index is 5.94. The number of hydrogen-bond acceptors (Lipinski definition) is 2. The van der Waals surface area contributed by atoms with Crippen molar-refractivity contribution in [1.29, 1.82) is 0 Å². The lowest BCUT2D eigenvalue weighted by Gasteiger charge is -2.41. The largest absolute Gasteiger partial charge is 0.329 e. The summed E-state index contributed by atoms with van der Waals surface area (Å²) < 4.78 is 0. The lowest BCUT2D eigenvalue weighted by atomic mass is 9.91. The third-order valence-corrected chi connectivity index (χ3v) is 4.07. The molecule has 16 heavy (non-hydrogen) atoms. The first-order valence-corrected chi connectivity index (χ1v) is 7.14. The van der Waals surface area contributed by atoms with Crippen LogP contribution in [0.15, 0.2) is 0 Å². The molecule has 0 aliphatic carbocycles. The predicted octanol–water partition coefficient (Wildman–Crippen LogP) is 3.01. The van der Waals surface area contributed by atoms with E-state index in [1.807, 2.05) is 0 Å². The summed E-state index contributed by atoms with van der Waals surface area (Å²) in [5, 5.41) is 0. The molecule has 2 heteroatoms. The number of nitrogens with zero attached hydrogens (tertiary/aromatic N) is 1. The number of likely N-dealkylation sites (tertiary alicyclic amines) is 1. The maximum absolute atomic E-state index is 5.94. The van der Waals surface area contributed by atoms with Crippen molar-refractivity contribution in [2.24, 2.45) is 11.7 Å². The van der Waals surface area contributed by atoms with Crippen LogP contribution in [0.4, 0.5) is 0 Å². The Morgan fingerprint density at radius 1 is 1.31 bits per heavy atom. The highest BCUT2D eigenvalue weighted by molar-refractivity contribution is 4.83. The summed E-state index contributed by atoms with van der Waals surface area (Å²) >= 11 is 0. The molecule has 0 bridgehead atoms. The van der Waals surface area contributed by atoms with Gasteiger partial charge < -0.3 is 5.73 Å². The number of unbranched alkanes of at least 4 members (excludes halogenated alkanes) is 2. The molecule has 1 rings (SSSR count). The van der Waals surface area contributed by atoms with Gasteiger partial charge in [0, 0.05) is 18.6 Å². The molecule has 0 amide bonds. The SMILES string of the molecule is CCCCCC(CN)N1CCC(C)CC1C. The fourth-order valence-electron chi connectivity index (χ4n) is 3.02. The van der Waals surface area contributed by atoms with Gasteiger partial charge in [0.1, 0.15) is 0 Å². The fraction of sp³-hybridized carbons (Fsp3) is 1.00. The molecule has 96 valence electrons. The fourth-order valence-corrected chi connectivity index (χ4v) is 3.02. The van der Waals surface area contributed by atoms with Gasteiger partial charge in [-0.2, -0.15) is 0 Å². The Labute approximate surface area is 102 Å². The second kappa shape index (κ2) is 7.29. The van der Waals surface area contributed by atoms with Crippen LogP contribution in [0.1, 0.15) is 59.3 Å². The molecule has 1 fully saturated rings. The van der Waals surface area contributed by atoms with Crippen LogP contribution in [0, 0.1) is 5.92 Å². The Morgan fingerprint density at radius 2 is 2.06 bits per heavy atom. The van der Waals surface area contributed by atoms with Crippen molar-refractivity contribution in [3.05, 3.63) is 0 Å².